The van der Waals surface area contributed by atoms with Gasteiger partial charge < -0.3 is 20.1 Å². The Balaban J connectivity index is 2.72. The number of aliphatic carboxylic acids is 1. The second-order valence-electron chi connectivity index (χ2n) is 3.14. The van der Waals surface area contributed by atoms with Gasteiger partial charge in [0.1, 0.15) is 18.3 Å². The predicted octanol–water partition coefficient (Wildman–Crippen LogP) is -2.62. The number of carbonyl (C=O) groups is 1. The fourth-order valence-electron chi connectivity index (χ4n) is 1.25. The Hall–Kier alpha value is -0.780. The van der Waals surface area contributed by atoms with Crippen molar-refractivity contribution in [1.29, 1.82) is 0 Å². The van der Waals surface area contributed by atoms with Gasteiger partial charge in [-0.15, -0.1) is 0 Å². The molecule has 1 fully saturated rings. The van der Waals surface area contributed by atoms with Crippen LogP contribution in [0, 0.1) is 0 Å². The molecular weight excluding hydrogens is 248 g/mol. The fraction of sp³-hybridized carbons (Fsp3) is 0.833. The standard InChI is InChI=1S/C6H10O9S/c7-3-2(15-16(11,12)13)1-14-5(4(3)8)6(9)10/h2-5,7-8H,1H2,(H,9,10)(H,11,12,13)/t2?,3-,4-,5?/m0/s1. The SMILES string of the molecule is O=C(O)C1OCC(OS(=O)(=O)O)[C@H](O)[C@@H]1O. The first-order chi connectivity index (χ1) is 7.22. The third-order valence-electron chi connectivity index (χ3n) is 1.97. The summed E-state index contributed by atoms with van der Waals surface area (Å²) in [5, 5.41) is 27.1. The first-order valence-electron chi connectivity index (χ1n) is 4.08. The number of aliphatic hydroxyl groups is 2. The van der Waals surface area contributed by atoms with Crippen molar-refractivity contribution in [2.75, 3.05) is 6.61 Å². The van der Waals surface area contributed by atoms with E-state index in [1.165, 1.54) is 0 Å². The van der Waals surface area contributed by atoms with Crippen molar-refractivity contribution in [3.05, 3.63) is 0 Å². The van der Waals surface area contributed by atoms with Gasteiger partial charge in [0.05, 0.1) is 6.61 Å². The Morgan fingerprint density at radius 1 is 1.31 bits per heavy atom. The molecule has 0 aliphatic carbocycles. The van der Waals surface area contributed by atoms with E-state index in [4.69, 9.17) is 9.66 Å². The van der Waals surface area contributed by atoms with Gasteiger partial charge in [-0.2, -0.15) is 8.42 Å². The summed E-state index contributed by atoms with van der Waals surface area (Å²) < 4.78 is 37.6. The minimum atomic E-state index is -4.82. The average molecular weight is 258 g/mol. The normalized spacial score (nSPS) is 35.9. The van der Waals surface area contributed by atoms with Crippen LogP contribution in [-0.2, 0) is 24.1 Å². The molecular formula is C6H10O9S. The van der Waals surface area contributed by atoms with E-state index >= 15 is 0 Å². The van der Waals surface area contributed by atoms with Crippen LogP contribution in [0.2, 0.25) is 0 Å². The van der Waals surface area contributed by atoms with Crippen molar-refractivity contribution in [3.63, 3.8) is 0 Å². The van der Waals surface area contributed by atoms with E-state index in [1.54, 1.807) is 0 Å². The van der Waals surface area contributed by atoms with Crippen molar-refractivity contribution in [3.8, 4) is 0 Å². The van der Waals surface area contributed by atoms with E-state index < -0.39 is 47.4 Å². The monoisotopic (exact) mass is 258 g/mol. The van der Waals surface area contributed by atoms with Gasteiger partial charge in [0, 0.05) is 0 Å². The summed E-state index contributed by atoms with van der Waals surface area (Å²) in [5.41, 5.74) is 0. The maximum Gasteiger partial charge on any atom is 0.397 e. The summed E-state index contributed by atoms with van der Waals surface area (Å²) in [5.74, 6) is -1.50. The molecule has 0 amide bonds. The topological polar surface area (TPSA) is 151 Å². The Morgan fingerprint density at radius 3 is 2.31 bits per heavy atom. The van der Waals surface area contributed by atoms with Gasteiger partial charge in [-0.3, -0.25) is 4.55 Å². The molecule has 4 atom stereocenters. The number of hydrogen-bond donors (Lipinski definition) is 4. The van der Waals surface area contributed by atoms with Crippen molar-refractivity contribution in [1.82, 2.24) is 0 Å². The maximum atomic E-state index is 10.5. The molecule has 1 rings (SSSR count). The molecule has 0 aromatic rings. The van der Waals surface area contributed by atoms with Crippen LogP contribution < -0.4 is 0 Å². The molecule has 4 N–H and O–H groups in total. The lowest BCUT2D eigenvalue weighted by Crippen LogP contribution is -2.56. The Bertz CT molecular complexity index is 362. The van der Waals surface area contributed by atoms with Gasteiger partial charge in [-0.05, 0) is 0 Å². The summed E-state index contributed by atoms with van der Waals surface area (Å²) in [6.45, 7) is -0.588. The first kappa shape index (κ1) is 13.3. The highest BCUT2D eigenvalue weighted by Crippen LogP contribution is 2.19. The summed E-state index contributed by atoms with van der Waals surface area (Å²) in [6, 6.07) is 0. The summed E-state index contributed by atoms with van der Waals surface area (Å²) in [4.78, 5) is 10.5. The van der Waals surface area contributed by atoms with Crippen LogP contribution in [0.25, 0.3) is 0 Å². The van der Waals surface area contributed by atoms with Gasteiger partial charge in [-0.25, -0.2) is 8.98 Å². The van der Waals surface area contributed by atoms with E-state index in [2.05, 4.69) is 8.92 Å². The molecule has 0 saturated carbocycles. The van der Waals surface area contributed by atoms with Gasteiger partial charge in [-0.1, -0.05) is 0 Å². The zero-order valence-corrected chi connectivity index (χ0v) is 8.57. The number of carboxylic acids is 1. The van der Waals surface area contributed by atoms with Gasteiger partial charge >= 0.3 is 16.4 Å². The van der Waals surface area contributed by atoms with Gasteiger partial charge in [0.25, 0.3) is 0 Å². The van der Waals surface area contributed by atoms with Crippen LogP contribution in [0.5, 0.6) is 0 Å². The molecule has 1 aliphatic rings. The first-order valence-corrected chi connectivity index (χ1v) is 5.45. The molecule has 9 nitrogen and oxygen atoms in total. The number of rotatable bonds is 3. The second-order valence-corrected chi connectivity index (χ2v) is 4.18. The van der Waals surface area contributed by atoms with Crippen molar-refractivity contribution < 1.29 is 42.0 Å². The average Bonchev–Trinajstić information content (AvgIpc) is 2.10. The minimum Gasteiger partial charge on any atom is -0.479 e. The lowest BCUT2D eigenvalue weighted by molar-refractivity contribution is -0.197. The van der Waals surface area contributed by atoms with Crippen LogP contribution in [0.1, 0.15) is 0 Å². The molecule has 2 unspecified atom stereocenters. The highest BCUT2D eigenvalue weighted by atomic mass is 32.3. The second kappa shape index (κ2) is 4.61. The van der Waals surface area contributed by atoms with Gasteiger partial charge in [0.15, 0.2) is 6.10 Å². The van der Waals surface area contributed by atoms with Crippen molar-refractivity contribution in [2.45, 2.75) is 24.4 Å². The molecule has 1 saturated heterocycles. The smallest absolute Gasteiger partial charge is 0.397 e. The third kappa shape index (κ3) is 3.10. The summed E-state index contributed by atoms with van der Waals surface area (Å²) in [7, 11) is -4.82. The predicted molar refractivity (Wildman–Crippen MR) is 45.8 cm³/mol. The number of ether oxygens (including phenoxy) is 1. The van der Waals surface area contributed by atoms with Gasteiger partial charge in [0.2, 0.25) is 0 Å². The molecule has 1 heterocycles. The largest absolute Gasteiger partial charge is 0.479 e. The molecule has 94 valence electrons. The highest BCUT2D eigenvalue weighted by molar-refractivity contribution is 7.80. The maximum absolute atomic E-state index is 10.5. The van der Waals surface area contributed by atoms with Crippen LogP contribution in [0.3, 0.4) is 0 Å². The third-order valence-corrected chi connectivity index (χ3v) is 2.46. The molecule has 0 radical (unpaired) electrons. The molecule has 1 aliphatic heterocycles. The Labute approximate surface area is 90.2 Å². The summed E-state index contributed by atoms with van der Waals surface area (Å²) >= 11 is 0. The molecule has 0 aromatic heterocycles. The Kier molecular flexibility index (Phi) is 3.83. The molecule has 0 spiro atoms. The molecule has 0 bridgehead atoms. The number of carboxylic acid groups (broad SMARTS) is 1. The number of hydrogen-bond acceptors (Lipinski definition) is 7. The van der Waals surface area contributed by atoms with Crippen LogP contribution in [-0.4, -0.2) is 65.3 Å². The number of aliphatic hydroxyl groups excluding tert-OH is 2. The lowest BCUT2D eigenvalue weighted by Gasteiger charge is -2.34. The van der Waals surface area contributed by atoms with E-state index in [9.17, 15) is 23.4 Å². The van der Waals surface area contributed by atoms with E-state index in [0.717, 1.165) is 0 Å². The zero-order valence-electron chi connectivity index (χ0n) is 7.75. The van der Waals surface area contributed by atoms with Crippen molar-refractivity contribution >= 4 is 16.4 Å². The van der Waals surface area contributed by atoms with E-state index in [-0.39, 0.29) is 0 Å². The Morgan fingerprint density at radius 2 is 1.88 bits per heavy atom. The fourth-order valence-corrected chi connectivity index (χ4v) is 1.73. The highest BCUT2D eigenvalue weighted by Gasteiger charge is 2.44. The van der Waals surface area contributed by atoms with E-state index in [1.807, 2.05) is 0 Å². The quantitative estimate of drug-likeness (QED) is 0.399. The van der Waals surface area contributed by atoms with E-state index in [0.29, 0.717) is 0 Å². The van der Waals surface area contributed by atoms with Crippen LogP contribution in [0.4, 0.5) is 0 Å². The lowest BCUT2D eigenvalue weighted by atomic mass is 10.0. The molecule has 10 heteroatoms. The van der Waals surface area contributed by atoms with Crippen LogP contribution >= 0.6 is 0 Å². The van der Waals surface area contributed by atoms with Crippen LogP contribution in [0.15, 0.2) is 0 Å². The zero-order chi connectivity index (χ0) is 12.5. The minimum absolute atomic E-state index is 0.588. The summed E-state index contributed by atoms with van der Waals surface area (Å²) in [6.07, 6.45) is -6.87. The molecule has 16 heavy (non-hydrogen) atoms. The van der Waals surface area contributed by atoms with Crippen molar-refractivity contribution in [2.24, 2.45) is 0 Å². The molecule has 0 aromatic carbocycles.